The van der Waals surface area contributed by atoms with E-state index in [4.69, 9.17) is 22.3 Å². The van der Waals surface area contributed by atoms with E-state index >= 15 is 0 Å². The Balaban J connectivity index is 2.18. The molecule has 0 radical (unpaired) electrons. The number of nitrogens with one attached hydrogen (secondary N) is 4. The van der Waals surface area contributed by atoms with E-state index in [1.54, 1.807) is 18.3 Å². The van der Waals surface area contributed by atoms with Gasteiger partial charge in [0.2, 0.25) is 17.7 Å². The average molecular weight is 579 g/mol. The van der Waals surface area contributed by atoms with Crippen molar-refractivity contribution in [1.82, 2.24) is 20.9 Å². The number of benzene rings is 1. The smallest absolute Gasteiger partial charge is 0.326 e. The summed E-state index contributed by atoms with van der Waals surface area (Å²) in [4.78, 5) is 68.2. The third-order valence-corrected chi connectivity index (χ3v) is 6.21. The highest BCUT2D eigenvalue weighted by molar-refractivity contribution is 7.80. The number of carboxylic acids is 2. The Morgan fingerprint density at radius 2 is 1.57 bits per heavy atom. The van der Waals surface area contributed by atoms with Crippen LogP contribution >= 0.6 is 12.6 Å². The van der Waals surface area contributed by atoms with Gasteiger partial charge in [0.25, 0.3) is 0 Å². The first-order chi connectivity index (χ1) is 18.9. The number of para-hydroxylation sites is 1. The van der Waals surface area contributed by atoms with Gasteiger partial charge in [-0.2, -0.15) is 12.6 Å². The number of carbonyl (C=O) groups excluding carboxylic acids is 3. The van der Waals surface area contributed by atoms with Gasteiger partial charge in [-0.15, -0.1) is 0 Å². The van der Waals surface area contributed by atoms with Crippen molar-refractivity contribution in [2.75, 3.05) is 12.3 Å². The van der Waals surface area contributed by atoms with Crippen LogP contribution in [0.3, 0.4) is 0 Å². The minimum Gasteiger partial charge on any atom is -0.481 e. The van der Waals surface area contributed by atoms with Crippen LogP contribution in [-0.2, 0) is 30.4 Å². The molecule has 4 unspecified atom stereocenters. The Hall–Kier alpha value is -4.31. The molecular weight excluding hydrogens is 544 g/mol. The molecule has 0 bridgehead atoms. The number of guanidine groups is 1. The fourth-order valence-electron chi connectivity index (χ4n) is 3.77. The topological polar surface area (TPSA) is 268 Å². The number of hydrogen-bond acceptors (Lipinski definition) is 8. The zero-order valence-corrected chi connectivity index (χ0v) is 22.4. The molecule has 1 aromatic heterocycles. The fraction of sp³-hybridized carbons (Fsp3) is 0.417. The highest BCUT2D eigenvalue weighted by atomic mass is 32.1. The van der Waals surface area contributed by atoms with Gasteiger partial charge >= 0.3 is 11.9 Å². The van der Waals surface area contributed by atoms with Crippen LogP contribution in [-0.4, -0.2) is 87.3 Å². The van der Waals surface area contributed by atoms with Crippen LogP contribution in [0.2, 0.25) is 0 Å². The van der Waals surface area contributed by atoms with E-state index in [-0.39, 0.29) is 31.1 Å². The summed E-state index contributed by atoms with van der Waals surface area (Å²) in [7, 11) is 0. The first-order valence-electron chi connectivity index (χ1n) is 12.3. The summed E-state index contributed by atoms with van der Waals surface area (Å²) in [5.74, 6) is -5.55. The number of aromatic nitrogens is 1. The first kappa shape index (κ1) is 31.9. The molecule has 0 saturated carbocycles. The number of carbonyl (C=O) groups is 5. The van der Waals surface area contributed by atoms with Gasteiger partial charge in [-0.1, -0.05) is 18.2 Å². The van der Waals surface area contributed by atoms with Crippen molar-refractivity contribution in [2.24, 2.45) is 22.2 Å². The maximum absolute atomic E-state index is 13.1. The molecule has 15 nitrogen and oxygen atoms in total. The predicted octanol–water partition coefficient (Wildman–Crippen LogP) is -1.97. The van der Waals surface area contributed by atoms with Crippen LogP contribution in [0.5, 0.6) is 0 Å². The van der Waals surface area contributed by atoms with Crippen molar-refractivity contribution in [2.45, 2.75) is 49.9 Å². The number of carboxylic acid groups (broad SMARTS) is 2. The third-order valence-electron chi connectivity index (χ3n) is 5.85. The Morgan fingerprint density at radius 3 is 2.20 bits per heavy atom. The van der Waals surface area contributed by atoms with E-state index in [9.17, 15) is 29.1 Å². The molecule has 12 N–H and O–H groups in total. The molecule has 0 aliphatic heterocycles. The van der Waals surface area contributed by atoms with E-state index in [1.807, 2.05) is 12.1 Å². The van der Waals surface area contributed by atoms with Gasteiger partial charge in [0.1, 0.15) is 18.1 Å². The SMILES string of the molecule is NC(N)=NCCCC(N)C(=O)NC(CS)C(=O)NC(Cc1c[nH]c2ccccc12)C(=O)NC(CC(=O)O)C(=O)O. The number of aromatic amines is 1. The molecule has 0 saturated heterocycles. The summed E-state index contributed by atoms with van der Waals surface area (Å²) in [6.45, 7) is 0.267. The van der Waals surface area contributed by atoms with Crippen LogP contribution < -0.4 is 33.2 Å². The molecule has 0 aliphatic carbocycles. The standard InChI is InChI=1S/C24H34N8O7S/c25-14(5-3-7-28-24(26)27)20(35)32-18(11-40)22(37)30-16(21(36)31-17(23(38)39)9-19(33)34)8-12-10-29-15-6-2-1-4-13(12)15/h1-2,4,6,10,14,16-18,29,40H,3,5,7-9,11,25H2,(H,30,37)(H,31,36)(H,32,35)(H,33,34)(H,38,39)(H4,26,27,28). The molecule has 218 valence electrons. The lowest BCUT2D eigenvalue weighted by Crippen LogP contribution is -2.58. The minimum absolute atomic E-state index is 0.0709. The quantitative estimate of drug-likeness (QED) is 0.0454. The summed E-state index contributed by atoms with van der Waals surface area (Å²) in [6.07, 6.45) is 1.35. The van der Waals surface area contributed by atoms with E-state index < -0.39 is 60.2 Å². The molecule has 1 aromatic carbocycles. The van der Waals surface area contributed by atoms with Crippen LogP contribution in [0.25, 0.3) is 10.9 Å². The van der Waals surface area contributed by atoms with Crippen LogP contribution in [0.4, 0.5) is 0 Å². The molecular formula is C24H34N8O7S. The fourth-order valence-corrected chi connectivity index (χ4v) is 4.03. The van der Waals surface area contributed by atoms with Crippen molar-refractivity contribution < 1.29 is 34.2 Å². The summed E-state index contributed by atoms with van der Waals surface area (Å²) in [5, 5.41) is 26.3. The molecule has 2 aromatic rings. The molecule has 2 rings (SSSR count). The summed E-state index contributed by atoms with van der Waals surface area (Å²) < 4.78 is 0. The van der Waals surface area contributed by atoms with Gasteiger partial charge in [-0.3, -0.25) is 24.2 Å². The molecule has 3 amide bonds. The lowest BCUT2D eigenvalue weighted by atomic mass is 10.0. The highest BCUT2D eigenvalue weighted by Gasteiger charge is 2.31. The maximum atomic E-state index is 13.1. The lowest BCUT2D eigenvalue weighted by molar-refractivity contribution is -0.147. The third kappa shape index (κ3) is 9.77. The van der Waals surface area contributed by atoms with Crippen LogP contribution in [0.15, 0.2) is 35.5 Å². The normalized spacial score (nSPS) is 13.8. The number of fused-ring (bicyclic) bond motifs is 1. The van der Waals surface area contributed by atoms with Crippen molar-refractivity contribution >= 4 is 59.2 Å². The molecule has 40 heavy (non-hydrogen) atoms. The zero-order valence-electron chi connectivity index (χ0n) is 21.5. The van der Waals surface area contributed by atoms with Gasteiger partial charge in [-0.05, 0) is 24.5 Å². The van der Waals surface area contributed by atoms with Gasteiger partial charge in [-0.25, -0.2) is 4.79 Å². The molecule has 1 heterocycles. The Bertz CT molecular complexity index is 1250. The van der Waals surface area contributed by atoms with Crippen LogP contribution in [0.1, 0.15) is 24.8 Å². The van der Waals surface area contributed by atoms with Crippen LogP contribution in [0, 0.1) is 0 Å². The molecule has 16 heteroatoms. The number of thiol groups is 1. The van der Waals surface area contributed by atoms with Gasteiger partial charge in [0, 0.05) is 35.8 Å². The second-order valence-corrected chi connectivity index (χ2v) is 9.29. The Labute approximate surface area is 234 Å². The monoisotopic (exact) mass is 578 g/mol. The van der Waals surface area contributed by atoms with Crippen molar-refractivity contribution in [3.05, 3.63) is 36.0 Å². The molecule has 0 fully saturated rings. The average Bonchev–Trinajstić information content (AvgIpc) is 3.30. The summed E-state index contributed by atoms with van der Waals surface area (Å²) >= 11 is 4.13. The first-order valence-corrected chi connectivity index (χ1v) is 12.9. The molecule has 0 aliphatic rings. The van der Waals surface area contributed by atoms with Gasteiger partial charge in [0.05, 0.1) is 12.5 Å². The number of rotatable bonds is 16. The number of H-pyrrole nitrogens is 1. The lowest BCUT2D eigenvalue weighted by Gasteiger charge is -2.24. The Kier molecular flexibility index (Phi) is 12.2. The second kappa shape index (κ2) is 15.3. The number of aliphatic imine (C=N–C) groups is 1. The van der Waals surface area contributed by atoms with Crippen molar-refractivity contribution in [3.8, 4) is 0 Å². The highest BCUT2D eigenvalue weighted by Crippen LogP contribution is 2.19. The zero-order chi connectivity index (χ0) is 29.8. The van der Waals surface area contributed by atoms with Gasteiger partial charge < -0.3 is 48.3 Å². The number of nitrogens with zero attached hydrogens (tertiary/aromatic N) is 1. The van der Waals surface area contributed by atoms with E-state index in [1.165, 1.54) is 0 Å². The predicted molar refractivity (Wildman–Crippen MR) is 149 cm³/mol. The maximum Gasteiger partial charge on any atom is 0.326 e. The number of nitrogens with two attached hydrogens (primary N) is 3. The summed E-state index contributed by atoms with van der Waals surface area (Å²) in [6, 6.07) is 1.99. The summed E-state index contributed by atoms with van der Waals surface area (Å²) in [5.41, 5.74) is 17.8. The largest absolute Gasteiger partial charge is 0.481 e. The van der Waals surface area contributed by atoms with Gasteiger partial charge in [0.15, 0.2) is 5.96 Å². The Morgan fingerprint density at radius 1 is 0.950 bits per heavy atom. The minimum atomic E-state index is -1.73. The van der Waals surface area contributed by atoms with Crippen molar-refractivity contribution in [3.63, 3.8) is 0 Å². The number of amides is 3. The second-order valence-electron chi connectivity index (χ2n) is 8.92. The number of hydrogen-bond donors (Lipinski definition) is 10. The van der Waals surface area contributed by atoms with Crippen molar-refractivity contribution in [1.29, 1.82) is 0 Å². The molecule has 0 spiro atoms. The van der Waals surface area contributed by atoms with E-state index in [2.05, 4.69) is 38.6 Å². The van der Waals surface area contributed by atoms with E-state index in [0.29, 0.717) is 12.0 Å². The molecule has 4 atom stereocenters. The van der Waals surface area contributed by atoms with E-state index in [0.717, 1.165) is 10.9 Å². The number of aliphatic carboxylic acids is 2.